The molecule has 0 heterocycles. The van der Waals surface area contributed by atoms with Gasteiger partial charge in [-0.3, -0.25) is 18.9 Å². The highest BCUT2D eigenvalue weighted by molar-refractivity contribution is 8.13. The molecule has 1 saturated carbocycles. The molecule has 5 N–H and O–H groups in total. The van der Waals surface area contributed by atoms with Crippen molar-refractivity contribution in [2.45, 2.75) is 32.3 Å². The van der Waals surface area contributed by atoms with Crippen LogP contribution in [0.4, 0.5) is 0 Å². The number of rotatable bonds is 11. The van der Waals surface area contributed by atoms with Crippen molar-refractivity contribution >= 4 is 36.5 Å². The maximum Gasteiger partial charge on any atom is 0.469 e. The number of hydrogen-bond acceptors (Lipinski definition) is 7. The third-order valence-electron chi connectivity index (χ3n) is 3.62. The van der Waals surface area contributed by atoms with Gasteiger partial charge in [0.25, 0.3) is 0 Å². The summed E-state index contributed by atoms with van der Waals surface area (Å²) in [6.07, 6.45) is -0.630. The Morgan fingerprint density at radius 3 is 2.40 bits per heavy atom. The monoisotopic (exact) mass is 398 g/mol. The van der Waals surface area contributed by atoms with Crippen LogP contribution in [-0.4, -0.2) is 63.4 Å². The van der Waals surface area contributed by atoms with E-state index in [1.165, 1.54) is 6.92 Å². The lowest BCUT2D eigenvalue weighted by molar-refractivity contribution is -0.134. The van der Waals surface area contributed by atoms with Gasteiger partial charge in [0.1, 0.15) is 6.10 Å². The van der Waals surface area contributed by atoms with Gasteiger partial charge in [0.05, 0.1) is 6.61 Å². The molecular weight excluding hydrogens is 375 g/mol. The Balaban J connectivity index is 2.24. The summed E-state index contributed by atoms with van der Waals surface area (Å²) in [7, 11) is -4.66. The molecule has 2 amide bonds. The van der Waals surface area contributed by atoms with Crippen LogP contribution in [0.1, 0.15) is 26.2 Å². The lowest BCUT2D eigenvalue weighted by Crippen LogP contribution is -2.43. The summed E-state index contributed by atoms with van der Waals surface area (Å²) in [5, 5.41) is 15.0. The van der Waals surface area contributed by atoms with Crippen molar-refractivity contribution in [1.29, 1.82) is 0 Å². The fourth-order valence-electron chi connectivity index (χ4n) is 2.02. The van der Waals surface area contributed by atoms with E-state index < -0.39 is 31.9 Å². The Kier molecular flexibility index (Phi) is 8.52. The Labute approximate surface area is 149 Å². The van der Waals surface area contributed by atoms with Crippen molar-refractivity contribution in [1.82, 2.24) is 10.6 Å². The summed E-state index contributed by atoms with van der Waals surface area (Å²) in [5.74, 6) is -0.550. The van der Waals surface area contributed by atoms with Gasteiger partial charge in [-0.2, -0.15) is 0 Å². The predicted molar refractivity (Wildman–Crippen MR) is 89.4 cm³/mol. The van der Waals surface area contributed by atoms with Crippen LogP contribution in [-0.2, 0) is 23.5 Å². The molecule has 0 aromatic carbocycles. The van der Waals surface area contributed by atoms with E-state index in [1.807, 2.05) is 0 Å². The number of aliphatic hydroxyl groups excluding tert-OH is 1. The van der Waals surface area contributed by atoms with Gasteiger partial charge in [-0.15, -0.1) is 0 Å². The number of thioether (sulfide) groups is 1. The molecule has 25 heavy (non-hydrogen) atoms. The predicted octanol–water partition coefficient (Wildman–Crippen LogP) is -0.861. The average molecular weight is 398 g/mol. The van der Waals surface area contributed by atoms with Crippen LogP contribution in [0.2, 0.25) is 0 Å². The highest BCUT2D eigenvalue weighted by Gasteiger charge is 2.53. The second-order valence-corrected chi connectivity index (χ2v) is 8.27. The number of amides is 2. The molecule has 1 unspecified atom stereocenters. The van der Waals surface area contributed by atoms with Crippen LogP contribution in [0.3, 0.4) is 0 Å². The summed E-state index contributed by atoms with van der Waals surface area (Å²) in [6, 6.07) is 0. The first kappa shape index (κ1) is 22.1. The largest absolute Gasteiger partial charge is 0.469 e. The molecule has 12 heteroatoms. The smallest absolute Gasteiger partial charge is 0.383 e. The van der Waals surface area contributed by atoms with Gasteiger partial charge in [-0.1, -0.05) is 11.8 Å². The number of phosphoric ester groups is 1. The molecule has 0 spiro atoms. The zero-order valence-corrected chi connectivity index (χ0v) is 15.5. The van der Waals surface area contributed by atoms with Crippen LogP contribution < -0.4 is 10.6 Å². The normalized spacial score (nSPS) is 16.8. The standard InChI is InChI=1S/C13H23N2O8PS/c1-9(16)25-7-6-14-10(17)2-5-15-12(19)11(18)13(3-4-13)8-23-24(20,21)22/h11,18H,2-8H2,1H3,(H,14,17)(H,15,19)(H2,20,21,22). The molecule has 0 aliphatic heterocycles. The van der Waals surface area contributed by atoms with E-state index in [4.69, 9.17) is 9.79 Å². The molecule has 10 nitrogen and oxygen atoms in total. The number of carbonyl (C=O) groups is 3. The molecule has 1 aliphatic rings. The third-order valence-corrected chi connectivity index (χ3v) is 4.90. The Morgan fingerprint density at radius 1 is 1.24 bits per heavy atom. The Morgan fingerprint density at radius 2 is 1.88 bits per heavy atom. The molecule has 0 aromatic heterocycles. The number of phosphoric acid groups is 1. The van der Waals surface area contributed by atoms with Gasteiger partial charge < -0.3 is 25.5 Å². The van der Waals surface area contributed by atoms with E-state index >= 15 is 0 Å². The SMILES string of the molecule is CC(=O)SCCNC(=O)CCNC(=O)C(O)C1(COP(=O)(O)O)CC1. The van der Waals surface area contributed by atoms with Gasteiger partial charge in [0.2, 0.25) is 11.8 Å². The van der Waals surface area contributed by atoms with Gasteiger partial charge in [0.15, 0.2) is 5.12 Å². The van der Waals surface area contributed by atoms with Crippen LogP contribution in [0.5, 0.6) is 0 Å². The summed E-state index contributed by atoms with van der Waals surface area (Å²) < 4.78 is 15.1. The number of hydrogen-bond donors (Lipinski definition) is 5. The Bertz CT molecular complexity index is 548. The molecule has 1 rings (SSSR count). The maximum atomic E-state index is 11.9. The number of carbonyl (C=O) groups excluding carboxylic acids is 3. The summed E-state index contributed by atoms with van der Waals surface area (Å²) in [5.41, 5.74) is -0.989. The minimum atomic E-state index is -4.66. The van der Waals surface area contributed by atoms with Crippen LogP contribution >= 0.6 is 19.6 Å². The zero-order valence-electron chi connectivity index (χ0n) is 13.8. The van der Waals surface area contributed by atoms with Crippen molar-refractivity contribution in [3.8, 4) is 0 Å². The molecule has 0 aromatic rings. The minimum Gasteiger partial charge on any atom is -0.383 e. The topological polar surface area (TPSA) is 162 Å². The van der Waals surface area contributed by atoms with Crippen molar-refractivity contribution in [3.63, 3.8) is 0 Å². The molecule has 0 saturated heterocycles. The Hall–Kier alpha value is -0.970. The first-order chi connectivity index (χ1) is 11.6. The first-order valence-electron chi connectivity index (χ1n) is 7.62. The molecule has 0 radical (unpaired) electrons. The van der Waals surface area contributed by atoms with Crippen molar-refractivity contribution in [2.75, 3.05) is 25.4 Å². The molecule has 1 aliphatic carbocycles. The average Bonchev–Trinajstić information content (AvgIpc) is 3.29. The quantitative estimate of drug-likeness (QED) is 0.220. The van der Waals surface area contributed by atoms with Gasteiger partial charge in [0, 0.05) is 37.6 Å². The van der Waals surface area contributed by atoms with Gasteiger partial charge >= 0.3 is 7.82 Å². The lowest BCUT2D eigenvalue weighted by atomic mass is 10.00. The minimum absolute atomic E-state index is 0.00911. The van der Waals surface area contributed by atoms with Gasteiger partial charge in [-0.05, 0) is 12.8 Å². The lowest BCUT2D eigenvalue weighted by Gasteiger charge is -2.21. The molecular formula is C13H23N2O8PS. The van der Waals surface area contributed by atoms with E-state index in [-0.39, 0.29) is 24.0 Å². The highest BCUT2D eigenvalue weighted by Crippen LogP contribution is 2.52. The summed E-state index contributed by atoms with van der Waals surface area (Å²) in [4.78, 5) is 51.5. The number of aliphatic hydroxyl groups is 1. The van der Waals surface area contributed by atoms with Crippen LogP contribution in [0.25, 0.3) is 0 Å². The maximum absolute atomic E-state index is 11.9. The second kappa shape index (κ2) is 9.65. The van der Waals surface area contributed by atoms with Gasteiger partial charge in [-0.25, -0.2) is 4.57 Å². The molecule has 144 valence electrons. The number of nitrogens with one attached hydrogen (secondary N) is 2. The van der Waals surface area contributed by atoms with Crippen LogP contribution in [0.15, 0.2) is 0 Å². The summed E-state index contributed by atoms with van der Waals surface area (Å²) in [6.45, 7) is 1.37. The van der Waals surface area contributed by atoms with E-state index in [1.54, 1.807) is 0 Å². The van der Waals surface area contributed by atoms with E-state index in [0.717, 1.165) is 11.8 Å². The molecule has 1 fully saturated rings. The van der Waals surface area contributed by atoms with Crippen molar-refractivity contribution < 1.29 is 38.4 Å². The van der Waals surface area contributed by atoms with Crippen molar-refractivity contribution in [3.05, 3.63) is 0 Å². The zero-order chi connectivity index (χ0) is 19.1. The van der Waals surface area contributed by atoms with E-state index in [0.29, 0.717) is 25.1 Å². The van der Waals surface area contributed by atoms with Crippen molar-refractivity contribution in [2.24, 2.45) is 5.41 Å². The fourth-order valence-corrected chi connectivity index (χ4v) is 2.93. The third kappa shape index (κ3) is 8.80. The van der Waals surface area contributed by atoms with Crippen LogP contribution in [0, 0.1) is 5.41 Å². The molecule has 0 bridgehead atoms. The molecule has 1 atom stereocenters. The van der Waals surface area contributed by atoms with E-state index in [2.05, 4.69) is 15.2 Å². The highest BCUT2D eigenvalue weighted by atomic mass is 32.2. The summed E-state index contributed by atoms with van der Waals surface area (Å²) >= 11 is 1.10. The fraction of sp³-hybridized carbons (Fsp3) is 0.769. The van der Waals surface area contributed by atoms with E-state index in [9.17, 15) is 24.1 Å². The first-order valence-corrected chi connectivity index (χ1v) is 10.1. The second-order valence-electron chi connectivity index (χ2n) is 5.76.